The van der Waals surface area contributed by atoms with E-state index >= 15 is 0 Å². The number of aliphatic hydroxyl groups excluding tert-OH is 1. The van der Waals surface area contributed by atoms with Gasteiger partial charge in [-0.2, -0.15) is 0 Å². The zero-order chi connectivity index (χ0) is 9.52. The molecule has 1 aromatic rings. The minimum absolute atomic E-state index is 0.154. The fourth-order valence-corrected chi connectivity index (χ4v) is 1.13. The van der Waals surface area contributed by atoms with Gasteiger partial charge in [0.15, 0.2) is 0 Å². The molecule has 0 amide bonds. The molecular weight excluding hydrogens is 164 g/mol. The van der Waals surface area contributed by atoms with E-state index in [4.69, 9.17) is 5.11 Å². The lowest BCUT2D eigenvalue weighted by Crippen LogP contribution is -1.90. The highest BCUT2D eigenvalue weighted by molar-refractivity contribution is 5.73. The fraction of sp³-hybridized carbons (Fsp3) is 0.182. The number of rotatable bonds is 4. The summed E-state index contributed by atoms with van der Waals surface area (Å²) in [7, 11) is 0. The minimum Gasteiger partial charge on any atom is -0.396 e. The number of allylic oxidation sites excluding steroid dienone is 1. The van der Waals surface area contributed by atoms with Gasteiger partial charge in [-0.25, -0.2) is 0 Å². The van der Waals surface area contributed by atoms with E-state index in [0.29, 0.717) is 6.42 Å². The molecule has 0 heterocycles. The van der Waals surface area contributed by atoms with Gasteiger partial charge in [0.1, 0.15) is 6.29 Å². The summed E-state index contributed by atoms with van der Waals surface area (Å²) in [6.07, 6.45) is 4.60. The molecule has 0 radical (unpaired) electrons. The predicted octanol–water partition coefficient (Wildman–Crippen LogP) is 1.43. The minimum atomic E-state index is 0.154. The molecule has 68 valence electrons. The van der Waals surface area contributed by atoms with Gasteiger partial charge < -0.3 is 5.11 Å². The molecule has 1 aromatic carbocycles. The quantitative estimate of drug-likeness (QED) is 0.556. The molecule has 0 aliphatic carbocycles. The van der Waals surface area contributed by atoms with Crippen molar-refractivity contribution < 1.29 is 9.90 Å². The Morgan fingerprint density at radius 3 is 2.92 bits per heavy atom. The molecule has 0 unspecified atom stereocenters. The van der Waals surface area contributed by atoms with E-state index < -0.39 is 0 Å². The second-order valence-corrected chi connectivity index (χ2v) is 2.71. The van der Waals surface area contributed by atoms with E-state index in [-0.39, 0.29) is 6.61 Å². The van der Waals surface area contributed by atoms with Crippen molar-refractivity contribution >= 4 is 12.4 Å². The van der Waals surface area contributed by atoms with E-state index in [1.165, 1.54) is 6.08 Å². The van der Waals surface area contributed by atoms with Gasteiger partial charge in [0.2, 0.25) is 0 Å². The highest BCUT2D eigenvalue weighted by Gasteiger charge is 1.91. The lowest BCUT2D eigenvalue weighted by molar-refractivity contribution is -0.104. The number of aldehydes is 1. The van der Waals surface area contributed by atoms with Gasteiger partial charge in [-0.15, -0.1) is 0 Å². The molecule has 0 bridgehead atoms. The molecule has 0 saturated heterocycles. The lowest BCUT2D eigenvalue weighted by atomic mass is 10.1. The van der Waals surface area contributed by atoms with Crippen LogP contribution in [0.3, 0.4) is 0 Å². The molecule has 13 heavy (non-hydrogen) atoms. The van der Waals surface area contributed by atoms with Crippen LogP contribution in [0.5, 0.6) is 0 Å². The van der Waals surface area contributed by atoms with Crippen molar-refractivity contribution in [3.8, 4) is 0 Å². The van der Waals surface area contributed by atoms with Crippen molar-refractivity contribution in [3.05, 3.63) is 41.5 Å². The van der Waals surface area contributed by atoms with E-state index in [0.717, 1.165) is 17.4 Å². The molecule has 0 fully saturated rings. The number of carbonyl (C=O) groups excluding carboxylic acids is 1. The van der Waals surface area contributed by atoms with E-state index in [1.54, 1.807) is 6.08 Å². The number of hydrogen-bond acceptors (Lipinski definition) is 2. The summed E-state index contributed by atoms with van der Waals surface area (Å²) in [4.78, 5) is 10.1. The Morgan fingerprint density at radius 2 is 2.23 bits per heavy atom. The Morgan fingerprint density at radius 1 is 1.38 bits per heavy atom. The number of hydrogen-bond donors (Lipinski definition) is 1. The largest absolute Gasteiger partial charge is 0.396 e. The first-order valence-corrected chi connectivity index (χ1v) is 4.18. The molecule has 1 rings (SSSR count). The van der Waals surface area contributed by atoms with Crippen LogP contribution < -0.4 is 0 Å². The smallest absolute Gasteiger partial charge is 0.142 e. The zero-order valence-corrected chi connectivity index (χ0v) is 7.31. The Balaban J connectivity index is 2.78. The number of benzene rings is 1. The summed E-state index contributed by atoms with van der Waals surface area (Å²) in [6.45, 7) is 0.154. The molecule has 1 N–H and O–H groups in total. The summed E-state index contributed by atoms with van der Waals surface area (Å²) in [5.74, 6) is 0. The van der Waals surface area contributed by atoms with Crippen molar-refractivity contribution in [2.24, 2.45) is 0 Å². The predicted molar refractivity (Wildman–Crippen MR) is 52.3 cm³/mol. The van der Waals surface area contributed by atoms with Gasteiger partial charge in [-0.3, -0.25) is 4.79 Å². The Labute approximate surface area is 77.5 Å². The highest BCUT2D eigenvalue weighted by Crippen LogP contribution is 2.07. The topological polar surface area (TPSA) is 37.3 Å². The first-order chi connectivity index (χ1) is 6.36. The second kappa shape index (κ2) is 5.27. The molecule has 0 aliphatic heterocycles. The average molecular weight is 176 g/mol. The molecule has 2 nitrogen and oxygen atoms in total. The average Bonchev–Trinajstić information content (AvgIpc) is 2.16. The lowest BCUT2D eigenvalue weighted by Gasteiger charge is -1.98. The fourth-order valence-electron chi connectivity index (χ4n) is 1.13. The van der Waals surface area contributed by atoms with E-state index in [9.17, 15) is 4.79 Å². The van der Waals surface area contributed by atoms with Crippen molar-refractivity contribution in [2.45, 2.75) is 6.42 Å². The van der Waals surface area contributed by atoms with Crippen molar-refractivity contribution in [3.63, 3.8) is 0 Å². The first-order valence-electron chi connectivity index (χ1n) is 4.18. The molecular formula is C11H12O2. The van der Waals surface area contributed by atoms with E-state index in [1.807, 2.05) is 24.3 Å². The third-order valence-electron chi connectivity index (χ3n) is 1.72. The van der Waals surface area contributed by atoms with Crippen LogP contribution in [0.25, 0.3) is 6.08 Å². The van der Waals surface area contributed by atoms with Crippen LogP contribution in [0, 0.1) is 0 Å². The van der Waals surface area contributed by atoms with Gasteiger partial charge in [0.05, 0.1) is 0 Å². The van der Waals surface area contributed by atoms with Crippen molar-refractivity contribution in [1.82, 2.24) is 0 Å². The Bertz CT molecular complexity index is 303. The molecule has 2 heteroatoms. The van der Waals surface area contributed by atoms with Crippen LogP contribution in [0.15, 0.2) is 30.3 Å². The standard InChI is InChI=1S/C11H12O2/c12-7-2-5-10-3-1-4-11(9-10)6-8-13/h1-5,7,9,13H,6,8H2. The summed E-state index contributed by atoms with van der Waals surface area (Å²) in [5.41, 5.74) is 2.06. The van der Waals surface area contributed by atoms with Gasteiger partial charge in [-0.1, -0.05) is 30.3 Å². The summed E-state index contributed by atoms with van der Waals surface area (Å²) in [5, 5.41) is 8.71. The van der Waals surface area contributed by atoms with Crippen LogP contribution in [0.1, 0.15) is 11.1 Å². The van der Waals surface area contributed by atoms with Crippen molar-refractivity contribution in [2.75, 3.05) is 6.61 Å². The monoisotopic (exact) mass is 176 g/mol. The number of aliphatic hydroxyl groups is 1. The third kappa shape index (κ3) is 3.22. The summed E-state index contributed by atoms with van der Waals surface area (Å²) >= 11 is 0. The van der Waals surface area contributed by atoms with Gasteiger partial charge in [0.25, 0.3) is 0 Å². The van der Waals surface area contributed by atoms with Crippen molar-refractivity contribution in [1.29, 1.82) is 0 Å². The molecule has 0 spiro atoms. The maximum absolute atomic E-state index is 10.1. The summed E-state index contributed by atoms with van der Waals surface area (Å²) < 4.78 is 0. The molecule has 0 aromatic heterocycles. The SMILES string of the molecule is O=CC=Cc1cccc(CCO)c1. The third-order valence-corrected chi connectivity index (χ3v) is 1.72. The normalized spacial score (nSPS) is 10.5. The van der Waals surface area contributed by atoms with Crippen LogP contribution in [-0.2, 0) is 11.2 Å². The van der Waals surface area contributed by atoms with Crippen LogP contribution >= 0.6 is 0 Å². The number of carbonyl (C=O) groups is 1. The highest BCUT2D eigenvalue weighted by atomic mass is 16.2. The first kappa shape index (κ1) is 9.68. The summed E-state index contributed by atoms with van der Waals surface area (Å²) in [6, 6.07) is 7.74. The van der Waals surface area contributed by atoms with Gasteiger partial charge >= 0.3 is 0 Å². The van der Waals surface area contributed by atoms with E-state index in [2.05, 4.69) is 0 Å². The zero-order valence-electron chi connectivity index (χ0n) is 7.31. The Hall–Kier alpha value is -1.41. The second-order valence-electron chi connectivity index (χ2n) is 2.71. The molecule has 0 saturated carbocycles. The molecule has 0 aliphatic rings. The maximum atomic E-state index is 10.1. The van der Waals surface area contributed by atoms with Crippen LogP contribution in [-0.4, -0.2) is 18.0 Å². The molecule has 0 atom stereocenters. The van der Waals surface area contributed by atoms with Crippen LogP contribution in [0.4, 0.5) is 0 Å². The Kier molecular flexibility index (Phi) is 3.93. The van der Waals surface area contributed by atoms with Gasteiger partial charge in [0, 0.05) is 6.61 Å². The maximum Gasteiger partial charge on any atom is 0.142 e. The van der Waals surface area contributed by atoms with Gasteiger partial charge in [-0.05, 0) is 23.6 Å². The van der Waals surface area contributed by atoms with Crippen LogP contribution in [0.2, 0.25) is 0 Å².